The molecule has 4 rings (SSSR count). The Hall–Kier alpha value is -3.36. The van der Waals surface area contributed by atoms with Crippen molar-refractivity contribution < 1.29 is 19.0 Å². The average molecular weight is 438 g/mol. The van der Waals surface area contributed by atoms with Crippen LogP contribution in [0.5, 0.6) is 5.75 Å². The smallest absolute Gasteiger partial charge is 0.271 e. The Kier molecular flexibility index (Phi) is 5.92. The molecule has 2 heterocycles. The minimum absolute atomic E-state index is 0.0119. The highest BCUT2D eigenvalue weighted by Crippen LogP contribution is 2.30. The molecule has 4 aromatic rings. The van der Waals surface area contributed by atoms with Crippen molar-refractivity contribution in [2.75, 3.05) is 6.61 Å². The number of halogens is 1. The zero-order valence-corrected chi connectivity index (χ0v) is 17.4. The van der Waals surface area contributed by atoms with Gasteiger partial charge >= 0.3 is 0 Å². The van der Waals surface area contributed by atoms with E-state index in [9.17, 15) is 19.1 Å². The maximum absolute atomic E-state index is 13.2. The number of thiophene rings is 1. The van der Waals surface area contributed by atoms with Crippen molar-refractivity contribution in [2.45, 2.75) is 19.6 Å². The second kappa shape index (κ2) is 8.79. The van der Waals surface area contributed by atoms with E-state index in [1.165, 1.54) is 41.3 Å². The molecule has 0 radical (unpaired) electrons. The fraction of sp³-hybridized carbons (Fsp3) is 0.174. The number of rotatable bonds is 7. The molecule has 0 aliphatic rings. The largest absolute Gasteiger partial charge is 0.491 e. The molecule has 1 atom stereocenters. The van der Waals surface area contributed by atoms with Crippen LogP contribution in [-0.2, 0) is 6.54 Å². The predicted octanol–water partition coefficient (Wildman–Crippen LogP) is 3.91. The van der Waals surface area contributed by atoms with Crippen molar-refractivity contribution in [1.29, 1.82) is 0 Å². The molecule has 0 amide bonds. The van der Waals surface area contributed by atoms with Crippen LogP contribution in [0.3, 0.4) is 0 Å². The summed E-state index contributed by atoms with van der Waals surface area (Å²) in [6, 6.07) is 14.5. The number of ketones is 1. The van der Waals surface area contributed by atoms with Crippen LogP contribution >= 0.6 is 11.3 Å². The van der Waals surface area contributed by atoms with Crippen molar-refractivity contribution >= 4 is 27.3 Å². The first-order chi connectivity index (χ1) is 14.9. The molecule has 0 saturated heterocycles. The lowest BCUT2D eigenvalue weighted by molar-refractivity contribution is 0.0913. The van der Waals surface area contributed by atoms with E-state index in [0.717, 1.165) is 10.4 Å². The van der Waals surface area contributed by atoms with Gasteiger partial charge < -0.3 is 9.84 Å². The molecule has 0 aliphatic heterocycles. The third-order valence-corrected chi connectivity index (χ3v) is 5.88. The van der Waals surface area contributed by atoms with E-state index < -0.39 is 6.10 Å². The highest BCUT2D eigenvalue weighted by molar-refractivity contribution is 7.22. The van der Waals surface area contributed by atoms with Gasteiger partial charge in [-0.3, -0.25) is 14.2 Å². The molecule has 0 bridgehead atoms. The van der Waals surface area contributed by atoms with Gasteiger partial charge in [-0.15, -0.1) is 11.3 Å². The minimum Gasteiger partial charge on any atom is -0.491 e. The molecule has 0 spiro atoms. The van der Waals surface area contributed by atoms with Gasteiger partial charge in [0, 0.05) is 10.4 Å². The zero-order valence-electron chi connectivity index (χ0n) is 16.6. The van der Waals surface area contributed by atoms with Crippen LogP contribution in [0.25, 0.3) is 20.7 Å². The Labute approximate surface area is 181 Å². The molecule has 0 fully saturated rings. The van der Waals surface area contributed by atoms with E-state index in [0.29, 0.717) is 21.5 Å². The Bertz CT molecular complexity index is 1300. The summed E-state index contributed by atoms with van der Waals surface area (Å²) in [7, 11) is 0. The van der Waals surface area contributed by atoms with Crippen molar-refractivity contribution in [1.82, 2.24) is 9.55 Å². The fourth-order valence-corrected chi connectivity index (χ4v) is 4.17. The van der Waals surface area contributed by atoms with Gasteiger partial charge in [0.15, 0.2) is 5.78 Å². The van der Waals surface area contributed by atoms with Gasteiger partial charge in [0.2, 0.25) is 0 Å². The van der Waals surface area contributed by atoms with Crippen molar-refractivity contribution in [2.24, 2.45) is 0 Å². The van der Waals surface area contributed by atoms with Gasteiger partial charge in [0.1, 0.15) is 29.0 Å². The molecule has 0 aliphatic carbocycles. The standard InChI is InChI=1S/C23H19FN2O4S/c1-14(27)16-3-2-4-19(9-16)30-12-18(28)11-26-13-25-20-10-21(31-22(20)23(26)29)15-5-7-17(24)8-6-15/h2-10,13,18,28H,11-12H2,1H3. The molecule has 1 N–H and O–H groups in total. The van der Waals surface area contributed by atoms with Crippen LogP contribution < -0.4 is 10.3 Å². The first-order valence-corrected chi connectivity index (χ1v) is 10.4. The van der Waals surface area contributed by atoms with Gasteiger partial charge in [-0.1, -0.05) is 24.3 Å². The summed E-state index contributed by atoms with van der Waals surface area (Å²) in [5.41, 5.74) is 1.61. The fourth-order valence-electron chi connectivity index (χ4n) is 3.11. The Morgan fingerprint density at radius 3 is 2.74 bits per heavy atom. The monoisotopic (exact) mass is 438 g/mol. The van der Waals surface area contributed by atoms with Crippen LogP contribution in [0.4, 0.5) is 4.39 Å². The lowest BCUT2D eigenvalue weighted by Gasteiger charge is -2.14. The van der Waals surface area contributed by atoms with E-state index in [1.54, 1.807) is 42.5 Å². The molecule has 1 unspecified atom stereocenters. The molecule has 6 nitrogen and oxygen atoms in total. The number of carbonyl (C=O) groups excluding carboxylic acids is 1. The number of aliphatic hydroxyl groups excluding tert-OH is 1. The van der Waals surface area contributed by atoms with E-state index >= 15 is 0 Å². The minimum atomic E-state index is -0.950. The number of ether oxygens (including phenoxy) is 1. The third kappa shape index (κ3) is 4.70. The van der Waals surface area contributed by atoms with Crippen molar-refractivity contribution in [3.8, 4) is 16.2 Å². The highest BCUT2D eigenvalue weighted by atomic mass is 32.1. The molecular formula is C23H19FN2O4S. The molecule has 2 aromatic heterocycles. The first-order valence-electron chi connectivity index (χ1n) is 9.57. The molecule has 158 valence electrons. The number of fused-ring (bicyclic) bond motifs is 1. The summed E-state index contributed by atoms with van der Waals surface area (Å²) in [5, 5.41) is 10.3. The topological polar surface area (TPSA) is 81.4 Å². The maximum atomic E-state index is 13.2. The second-order valence-corrected chi connectivity index (χ2v) is 8.14. The van der Waals surface area contributed by atoms with E-state index in [2.05, 4.69) is 4.98 Å². The van der Waals surface area contributed by atoms with Crippen LogP contribution in [0.1, 0.15) is 17.3 Å². The second-order valence-electron chi connectivity index (χ2n) is 7.08. The molecule has 0 saturated carbocycles. The first kappa shape index (κ1) is 20.9. The lowest BCUT2D eigenvalue weighted by atomic mass is 10.1. The number of nitrogens with zero attached hydrogens (tertiary/aromatic N) is 2. The van der Waals surface area contributed by atoms with Gasteiger partial charge in [-0.2, -0.15) is 0 Å². The Balaban J connectivity index is 1.48. The van der Waals surface area contributed by atoms with E-state index in [-0.39, 0.29) is 30.3 Å². The van der Waals surface area contributed by atoms with Crippen LogP contribution in [0.2, 0.25) is 0 Å². The van der Waals surface area contributed by atoms with Crippen molar-refractivity contribution in [3.63, 3.8) is 0 Å². The van der Waals surface area contributed by atoms with Crippen LogP contribution in [-0.4, -0.2) is 33.2 Å². The third-order valence-electron chi connectivity index (χ3n) is 4.72. The number of benzene rings is 2. The van der Waals surface area contributed by atoms with E-state index in [4.69, 9.17) is 4.74 Å². The number of Topliss-reactive ketones (excluding diaryl/α,β-unsaturated/α-hetero) is 1. The SMILES string of the molecule is CC(=O)c1cccc(OCC(O)Cn2cnc3cc(-c4ccc(F)cc4)sc3c2=O)c1. The van der Waals surface area contributed by atoms with Crippen LogP contribution in [0.15, 0.2) is 65.7 Å². The number of carbonyl (C=O) groups is 1. The maximum Gasteiger partial charge on any atom is 0.271 e. The number of aliphatic hydroxyl groups is 1. The van der Waals surface area contributed by atoms with Gasteiger partial charge in [-0.05, 0) is 42.8 Å². The average Bonchev–Trinajstić information content (AvgIpc) is 3.20. The normalized spacial score (nSPS) is 12.1. The summed E-state index contributed by atoms with van der Waals surface area (Å²) >= 11 is 1.28. The van der Waals surface area contributed by atoms with Crippen LogP contribution in [0, 0.1) is 5.82 Å². The van der Waals surface area contributed by atoms with Gasteiger partial charge in [-0.25, -0.2) is 9.37 Å². The Morgan fingerprint density at radius 1 is 1.23 bits per heavy atom. The molecular weight excluding hydrogens is 419 g/mol. The van der Waals surface area contributed by atoms with Crippen molar-refractivity contribution in [3.05, 3.63) is 82.7 Å². The zero-order chi connectivity index (χ0) is 22.0. The summed E-state index contributed by atoms with van der Waals surface area (Å²) in [6.07, 6.45) is 0.445. The summed E-state index contributed by atoms with van der Waals surface area (Å²) in [5.74, 6) is 0.0670. The molecule has 2 aromatic carbocycles. The molecule has 31 heavy (non-hydrogen) atoms. The number of hydrogen-bond donors (Lipinski definition) is 1. The summed E-state index contributed by atoms with van der Waals surface area (Å²) < 4.78 is 20.5. The quantitative estimate of drug-likeness (QED) is 0.443. The highest BCUT2D eigenvalue weighted by Gasteiger charge is 2.14. The van der Waals surface area contributed by atoms with Gasteiger partial charge in [0.05, 0.1) is 18.4 Å². The Morgan fingerprint density at radius 2 is 2.00 bits per heavy atom. The number of hydrogen-bond acceptors (Lipinski definition) is 6. The lowest BCUT2D eigenvalue weighted by Crippen LogP contribution is -2.30. The summed E-state index contributed by atoms with van der Waals surface area (Å²) in [6.45, 7) is 1.44. The molecule has 8 heteroatoms. The predicted molar refractivity (Wildman–Crippen MR) is 117 cm³/mol. The van der Waals surface area contributed by atoms with Gasteiger partial charge in [0.25, 0.3) is 5.56 Å². The number of aromatic nitrogens is 2. The summed E-state index contributed by atoms with van der Waals surface area (Å²) in [4.78, 5) is 29.4. The van der Waals surface area contributed by atoms with E-state index in [1.807, 2.05) is 0 Å².